The summed E-state index contributed by atoms with van der Waals surface area (Å²) in [6, 6.07) is 19.8. The number of carboxylic acids is 1. The molecule has 0 unspecified atom stereocenters. The molecule has 7 nitrogen and oxygen atoms in total. The first-order valence-corrected chi connectivity index (χ1v) is 7.89. The number of aromatic hydroxyl groups is 1. The molecule has 3 N–H and O–H groups in total. The SMILES string of the molecule is O=C(O)C(=O)Nc1ccc(Oc2ccc(O)c(Oc3ccccc3)c2)cc1. The summed E-state index contributed by atoms with van der Waals surface area (Å²) >= 11 is 0. The van der Waals surface area contributed by atoms with Crippen LogP contribution in [-0.4, -0.2) is 22.1 Å². The largest absolute Gasteiger partial charge is 0.504 e. The molecule has 0 aliphatic carbocycles. The van der Waals surface area contributed by atoms with Gasteiger partial charge in [0.25, 0.3) is 0 Å². The van der Waals surface area contributed by atoms with Gasteiger partial charge in [-0.3, -0.25) is 4.79 Å². The van der Waals surface area contributed by atoms with Gasteiger partial charge in [0.1, 0.15) is 17.2 Å². The molecule has 0 bridgehead atoms. The van der Waals surface area contributed by atoms with Gasteiger partial charge < -0.3 is 25.0 Å². The Morgan fingerprint density at radius 3 is 2.07 bits per heavy atom. The van der Waals surface area contributed by atoms with E-state index in [-0.39, 0.29) is 11.5 Å². The summed E-state index contributed by atoms with van der Waals surface area (Å²) in [5, 5.41) is 20.8. The Bertz CT molecular complexity index is 954. The first kappa shape index (κ1) is 17.8. The number of amides is 1. The maximum absolute atomic E-state index is 11.1. The number of phenols is 1. The molecule has 7 heteroatoms. The number of hydrogen-bond acceptors (Lipinski definition) is 5. The molecular formula is C20H15NO6. The van der Waals surface area contributed by atoms with Gasteiger partial charge in [0.05, 0.1) is 0 Å². The zero-order valence-corrected chi connectivity index (χ0v) is 14.0. The van der Waals surface area contributed by atoms with Gasteiger partial charge in [0, 0.05) is 11.8 Å². The Morgan fingerprint density at radius 1 is 0.778 bits per heavy atom. The molecule has 0 radical (unpaired) electrons. The van der Waals surface area contributed by atoms with Crippen LogP contribution < -0.4 is 14.8 Å². The standard InChI is InChI=1S/C20H15NO6/c22-17-11-10-16(12-18(17)27-14-4-2-1-3-5-14)26-15-8-6-13(7-9-15)21-19(23)20(24)25/h1-12,22H,(H,21,23)(H,24,25). The second-order valence-corrected chi connectivity index (χ2v) is 5.43. The van der Waals surface area contributed by atoms with Gasteiger partial charge >= 0.3 is 11.9 Å². The first-order chi connectivity index (χ1) is 13.0. The molecule has 0 saturated carbocycles. The number of hydrogen-bond donors (Lipinski definition) is 3. The molecule has 3 aromatic rings. The highest BCUT2D eigenvalue weighted by Crippen LogP contribution is 2.35. The predicted molar refractivity (Wildman–Crippen MR) is 97.4 cm³/mol. The quantitative estimate of drug-likeness (QED) is 0.590. The van der Waals surface area contributed by atoms with Crippen molar-refractivity contribution in [2.24, 2.45) is 0 Å². The van der Waals surface area contributed by atoms with Crippen molar-refractivity contribution in [1.82, 2.24) is 0 Å². The van der Waals surface area contributed by atoms with Gasteiger partial charge in [-0.05, 0) is 48.5 Å². The Kier molecular flexibility index (Phi) is 5.22. The van der Waals surface area contributed by atoms with Crippen LogP contribution in [0.2, 0.25) is 0 Å². The summed E-state index contributed by atoms with van der Waals surface area (Å²) in [6.45, 7) is 0. The number of benzene rings is 3. The van der Waals surface area contributed by atoms with Crippen molar-refractivity contribution in [3.8, 4) is 28.7 Å². The molecule has 0 fully saturated rings. The average Bonchev–Trinajstić information content (AvgIpc) is 2.67. The topological polar surface area (TPSA) is 105 Å². The van der Waals surface area contributed by atoms with Crippen LogP contribution in [0.3, 0.4) is 0 Å². The average molecular weight is 365 g/mol. The van der Waals surface area contributed by atoms with Crippen LogP contribution in [0.1, 0.15) is 0 Å². The number of nitrogens with one attached hydrogen (secondary N) is 1. The van der Waals surface area contributed by atoms with E-state index in [4.69, 9.17) is 14.6 Å². The van der Waals surface area contributed by atoms with Crippen molar-refractivity contribution in [2.45, 2.75) is 0 Å². The zero-order valence-electron chi connectivity index (χ0n) is 14.0. The Labute approximate surface area is 154 Å². The second-order valence-electron chi connectivity index (χ2n) is 5.43. The van der Waals surface area contributed by atoms with E-state index in [1.807, 2.05) is 18.2 Å². The molecule has 0 atom stereocenters. The van der Waals surface area contributed by atoms with Crippen molar-refractivity contribution >= 4 is 17.6 Å². The van der Waals surface area contributed by atoms with E-state index in [1.54, 1.807) is 36.4 Å². The van der Waals surface area contributed by atoms with Crippen LogP contribution in [0, 0.1) is 0 Å². The maximum Gasteiger partial charge on any atom is 0.394 e. The number of aliphatic carboxylic acids is 1. The Morgan fingerprint density at radius 2 is 1.41 bits per heavy atom. The number of carboxylic acid groups (broad SMARTS) is 1. The van der Waals surface area contributed by atoms with E-state index in [0.717, 1.165) is 0 Å². The van der Waals surface area contributed by atoms with Gasteiger partial charge in [0.2, 0.25) is 0 Å². The monoisotopic (exact) mass is 365 g/mol. The fraction of sp³-hybridized carbons (Fsp3) is 0. The van der Waals surface area contributed by atoms with Gasteiger partial charge in [-0.1, -0.05) is 18.2 Å². The van der Waals surface area contributed by atoms with Gasteiger partial charge in [0.15, 0.2) is 11.5 Å². The molecule has 0 aliphatic rings. The predicted octanol–water partition coefficient (Wildman–Crippen LogP) is 4.00. The fourth-order valence-corrected chi connectivity index (χ4v) is 2.18. The number of carbonyl (C=O) groups is 2. The van der Waals surface area contributed by atoms with Gasteiger partial charge in [-0.2, -0.15) is 0 Å². The molecule has 27 heavy (non-hydrogen) atoms. The molecule has 0 saturated heterocycles. The Balaban J connectivity index is 1.71. The summed E-state index contributed by atoms with van der Waals surface area (Å²) in [5.41, 5.74) is 0.327. The minimum Gasteiger partial charge on any atom is -0.504 e. The molecule has 136 valence electrons. The summed E-state index contributed by atoms with van der Waals surface area (Å²) in [6.07, 6.45) is 0. The number of anilines is 1. The molecule has 3 rings (SSSR count). The van der Waals surface area contributed by atoms with Crippen LogP contribution in [-0.2, 0) is 9.59 Å². The number of carbonyl (C=O) groups excluding carboxylic acids is 1. The third-order valence-electron chi connectivity index (χ3n) is 3.44. The number of para-hydroxylation sites is 1. The Hall–Kier alpha value is -4.00. The summed E-state index contributed by atoms with van der Waals surface area (Å²) in [4.78, 5) is 21.7. The molecule has 0 spiro atoms. The molecule has 0 aromatic heterocycles. The van der Waals surface area contributed by atoms with Gasteiger partial charge in [-0.15, -0.1) is 0 Å². The van der Waals surface area contributed by atoms with Crippen LogP contribution in [0.4, 0.5) is 5.69 Å². The minimum atomic E-state index is -1.56. The number of rotatable bonds is 5. The van der Waals surface area contributed by atoms with Crippen molar-refractivity contribution in [3.63, 3.8) is 0 Å². The van der Waals surface area contributed by atoms with E-state index >= 15 is 0 Å². The van der Waals surface area contributed by atoms with E-state index < -0.39 is 11.9 Å². The first-order valence-electron chi connectivity index (χ1n) is 7.89. The highest BCUT2D eigenvalue weighted by Gasteiger charge is 2.11. The van der Waals surface area contributed by atoms with Crippen LogP contribution in [0.15, 0.2) is 72.8 Å². The third-order valence-corrected chi connectivity index (χ3v) is 3.44. The molecule has 1 amide bonds. The summed E-state index contributed by atoms with van der Waals surface area (Å²) in [7, 11) is 0. The third kappa shape index (κ3) is 4.76. The smallest absolute Gasteiger partial charge is 0.394 e. The number of ether oxygens (including phenoxy) is 2. The second kappa shape index (κ2) is 7.92. The van der Waals surface area contributed by atoms with E-state index in [9.17, 15) is 14.7 Å². The van der Waals surface area contributed by atoms with Crippen molar-refractivity contribution < 1.29 is 29.3 Å². The summed E-state index contributed by atoms with van der Waals surface area (Å²) in [5.74, 6) is -1.01. The lowest BCUT2D eigenvalue weighted by atomic mass is 10.2. The van der Waals surface area contributed by atoms with Gasteiger partial charge in [-0.25, -0.2) is 4.79 Å². The van der Waals surface area contributed by atoms with Crippen LogP contribution >= 0.6 is 0 Å². The van der Waals surface area contributed by atoms with Crippen molar-refractivity contribution in [1.29, 1.82) is 0 Å². The lowest BCUT2D eigenvalue weighted by molar-refractivity contribution is -0.147. The number of phenolic OH excluding ortho intramolecular Hbond substituents is 1. The van der Waals surface area contributed by atoms with Crippen LogP contribution in [0.25, 0.3) is 0 Å². The normalized spacial score (nSPS) is 10.1. The van der Waals surface area contributed by atoms with Crippen molar-refractivity contribution in [3.05, 3.63) is 72.8 Å². The van der Waals surface area contributed by atoms with Crippen molar-refractivity contribution in [2.75, 3.05) is 5.32 Å². The van der Waals surface area contributed by atoms with Crippen LogP contribution in [0.5, 0.6) is 28.7 Å². The maximum atomic E-state index is 11.1. The molecule has 3 aromatic carbocycles. The lowest BCUT2D eigenvalue weighted by Gasteiger charge is -2.11. The minimum absolute atomic E-state index is 0.0297. The fourth-order valence-electron chi connectivity index (χ4n) is 2.18. The highest BCUT2D eigenvalue weighted by molar-refractivity contribution is 6.36. The summed E-state index contributed by atoms with van der Waals surface area (Å²) < 4.78 is 11.3. The molecule has 0 aliphatic heterocycles. The van der Waals surface area contributed by atoms with E-state index in [0.29, 0.717) is 22.9 Å². The zero-order chi connectivity index (χ0) is 19.2. The molecular weight excluding hydrogens is 350 g/mol. The van der Waals surface area contributed by atoms with E-state index in [1.165, 1.54) is 18.2 Å². The highest BCUT2D eigenvalue weighted by atomic mass is 16.5. The lowest BCUT2D eigenvalue weighted by Crippen LogP contribution is -2.21. The van der Waals surface area contributed by atoms with E-state index in [2.05, 4.69) is 5.32 Å². The molecule has 0 heterocycles.